The number of phenolic OH excluding ortho intramolecular Hbond substituents is 2. The maximum absolute atomic E-state index is 11.8. The number of fused-ring (bicyclic) bond motifs is 1. The van der Waals surface area contributed by atoms with Gasteiger partial charge in [0.05, 0.1) is 0 Å². The van der Waals surface area contributed by atoms with E-state index in [-0.39, 0.29) is 23.7 Å². The Labute approximate surface area is 121 Å². The molecule has 7 heteroatoms. The molecule has 1 aromatic carbocycles. The quantitative estimate of drug-likeness (QED) is 0.411. The molecule has 1 aliphatic rings. The fourth-order valence-corrected chi connectivity index (χ4v) is 1.90. The molecule has 114 valence electrons. The van der Waals surface area contributed by atoms with Gasteiger partial charge in [-0.2, -0.15) is 0 Å². The summed E-state index contributed by atoms with van der Waals surface area (Å²) in [5.41, 5.74) is -0.170. The lowest BCUT2D eigenvalue weighted by molar-refractivity contribution is -0.137. The van der Waals surface area contributed by atoms with E-state index < -0.39 is 23.7 Å². The molecule has 3 N–H and O–H groups in total. The molecule has 0 radical (unpaired) electrons. The van der Waals surface area contributed by atoms with Crippen LogP contribution in [0.1, 0.15) is 26.3 Å². The number of alkyl carbamates (subject to hydrolysis) is 1. The number of benzene rings is 1. The van der Waals surface area contributed by atoms with E-state index in [2.05, 4.69) is 5.32 Å². The molecule has 0 aromatic heterocycles. The largest absolute Gasteiger partial charge is 0.504 e. The molecule has 1 aliphatic heterocycles. The summed E-state index contributed by atoms with van der Waals surface area (Å²) in [6, 6.07) is 1.55. The van der Waals surface area contributed by atoms with Crippen molar-refractivity contribution in [2.24, 2.45) is 0 Å². The molecular weight excluding hydrogens is 278 g/mol. The summed E-state index contributed by atoms with van der Waals surface area (Å²) in [5.74, 6) is -1.18. The number of phenols is 2. The predicted molar refractivity (Wildman–Crippen MR) is 72.3 cm³/mol. The Morgan fingerprint density at radius 3 is 2.57 bits per heavy atom. The Morgan fingerprint density at radius 1 is 1.33 bits per heavy atom. The van der Waals surface area contributed by atoms with Crippen LogP contribution in [0.4, 0.5) is 4.79 Å². The Morgan fingerprint density at radius 2 is 1.95 bits per heavy atom. The van der Waals surface area contributed by atoms with Gasteiger partial charge in [0.2, 0.25) is 0 Å². The monoisotopic (exact) mass is 295 g/mol. The van der Waals surface area contributed by atoms with Crippen LogP contribution in [0.15, 0.2) is 12.1 Å². The first-order valence-electron chi connectivity index (χ1n) is 6.42. The van der Waals surface area contributed by atoms with Crippen LogP contribution in [0.5, 0.6) is 17.2 Å². The van der Waals surface area contributed by atoms with Crippen molar-refractivity contribution in [3.05, 3.63) is 17.7 Å². The number of hydrogen-bond acceptors (Lipinski definition) is 6. The molecule has 7 nitrogen and oxygen atoms in total. The van der Waals surface area contributed by atoms with E-state index in [0.29, 0.717) is 5.56 Å². The normalized spacial score (nSPS) is 17.7. The first kappa shape index (κ1) is 15.0. The first-order valence-corrected chi connectivity index (χ1v) is 6.42. The van der Waals surface area contributed by atoms with Crippen LogP contribution < -0.4 is 10.1 Å². The number of esters is 1. The van der Waals surface area contributed by atoms with Crippen LogP contribution in [0.25, 0.3) is 0 Å². The van der Waals surface area contributed by atoms with Crippen molar-refractivity contribution >= 4 is 12.1 Å². The van der Waals surface area contributed by atoms with Crippen LogP contribution in [0.3, 0.4) is 0 Å². The molecule has 0 saturated heterocycles. The van der Waals surface area contributed by atoms with Gasteiger partial charge in [0.15, 0.2) is 11.5 Å². The maximum atomic E-state index is 11.8. The van der Waals surface area contributed by atoms with E-state index in [1.165, 1.54) is 6.07 Å². The predicted octanol–water partition coefficient (Wildman–Crippen LogP) is 1.45. The molecule has 1 amide bonds. The standard InChI is InChI=1S/C14H17NO6/c1-14(2,3)21-13(19)15-8-4-7-5-9(16)10(17)6-11(7)20-12(8)18/h5-6,8,16-17H,4H2,1-3H3,(H,15,19). The number of aromatic hydroxyl groups is 2. The molecule has 0 spiro atoms. The van der Waals surface area contributed by atoms with Crippen LogP contribution in [0.2, 0.25) is 0 Å². The number of rotatable bonds is 1. The third-order valence-electron chi connectivity index (χ3n) is 2.77. The number of carbonyl (C=O) groups excluding carboxylic acids is 2. The second-order valence-corrected chi connectivity index (χ2v) is 5.77. The van der Waals surface area contributed by atoms with Crippen LogP contribution >= 0.6 is 0 Å². The minimum Gasteiger partial charge on any atom is -0.504 e. The summed E-state index contributed by atoms with van der Waals surface area (Å²) in [4.78, 5) is 23.5. The second-order valence-electron chi connectivity index (χ2n) is 5.77. The zero-order chi connectivity index (χ0) is 15.8. The first-order chi connectivity index (χ1) is 9.65. The molecule has 0 aliphatic carbocycles. The molecule has 1 heterocycles. The van der Waals surface area contributed by atoms with Gasteiger partial charge in [0, 0.05) is 18.1 Å². The molecule has 1 atom stereocenters. The number of amides is 1. The van der Waals surface area contributed by atoms with E-state index >= 15 is 0 Å². The highest BCUT2D eigenvalue weighted by Crippen LogP contribution is 2.35. The smallest absolute Gasteiger partial charge is 0.408 e. The Bertz CT molecular complexity index is 590. The Hall–Kier alpha value is -2.44. The highest BCUT2D eigenvalue weighted by molar-refractivity contribution is 5.85. The van der Waals surface area contributed by atoms with E-state index in [1.54, 1.807) is 20.8 Å². The molecule has 0 fully saturated rings. The lowest BCUT2D eigenvalue weighted by Crippen LogP contribution is -2.48. The number of nitrogens with one attached hydrogen (secondary N) is 1. The van der Waals surface area contributed by atoms with Gasteiger partial charge in [-0.25, -0.2) is 9.59 Å². The van der Waals surface area contributed by atoms with E-state index in [0.717, 1.165) is 6.07 Å². The van der Waals surface area contributed by atoms with Gasteiger partial charge in [-0.15, -0.1) is 0 Å². The van der Waals surface area contributed by atoms with Crippen molar-refractivity contribution in [1.82, 2.24) is 5.32 Å². The van der Waals surface area contributed by atoms with Crippen molar-refractivity contribution in [1.29, 1.82) is 0 Å². The summed E-state index contributed by atoms with van der Waals surface area (Å²) in [7, 11) is 0. The summed E-state index contributed by atoms with van der Waals surface area (Å²) < 4.78 is 10.1. The molecule has 2 rings (SSSR count). The highest BCUT2D eigenvalue weighted by atomic mass is 16.6. The lowest BCUT2D eigenvalue weighted by atomic mass is 10.0. The Balaban J connectivity index is 2.12. The van der Waals surface area contributed by atoms with Gasteiger partial charge < -0.3 is 25.0 Å². The number of carbonyl (C=O) groups is 2. The third-order valence-corrected chi connectivity index (χ3v) is 2.77. The number of ether oxygens (including phenoxy) is 2. The van der Waals surface area contributed by atoms with Crippen LogP contribution in [0, 0.1) is 0 Å². The molecule has 1 aromatic rings. The van der Waals surface area contributed by atoms with E-state index in [1.807, 2.05) is 0 Å². The van der Waals surface area contributed by atoms with Crippen molar-refractivity contribution < 1.29 is 29.3 Å². The SMILES string of the molecule is CC(C)(C)OC(=O)NC1Cc2cc(O)c(O)cc2OC1=O. The summed E-state index contributed by atoms with van der Waals surface area (Å²) in [6.45, 7) is 5.13. The third kappa shape index (κ3) is 3.56. The summed E-state index contributed by atoms with van der Waals surface area (Å²) in [6.07, 6.45) is -0.586. The molecule has 0 saturated carbocycles. The van der Waals surface area contributed by atoms with Crippen molar-refractivity contribution in [3.8, 4) is 17.2 Å². The molecule has 21 heavy (non-hydrogen) atoms. The minimum absolute atomic E-state index is 0.140. The van der Waals surface area contributed by atoms with Crippen LogP contribution in [-0.4, -0.2) is 33.9 Å². The average molecular weight is 295 g/mol. The van der Waals surface area contributed by atoms with E-state index in [9.17, 15) is 19.8 Å². The minimum atomic E-state index is -0.906. The Kier molecular flexibility index (Phi) is 3.67. The van der Waals surface area contributed by atoms with Crippen molar-refractivity contribution in [2.45, 2.75) is 38.8 Å². The fraction of sp³-hybridized carbons (Fsp3) is 0.429. The summed E-state index contributed by atoms with van der Waals surface area (Å²) in [5, 5.41) is 21.2. The van der Waals surface area contributed by atoms with Crippen LogP contribution in [-0.2, 0) is 16.0 Å². The average Bonchev–Trinajstić information content (AvgIpc) is 2.30. The van der Waals surface area contributed by atoms with Gasteiger partial charge in [0.25, 0.3) is 0 Å². The highest BCUT2D eigenvalue weighted by Gasteiger charge is 2.32. The number of hydrogen-bond donors (Lipinski definition) is 3. The van der Waals surface area contributed by atoms with Gasteiger partial charge in [-0.1, -0.05) is 0 Å². The maximum Gasteiger partial charge on any atom is 0.408 e. The van der Waals surface area contributed by atoms with E-state index in [4.69, 9.17) is 9.47 Å². The lowest BCUT2D eigenvalue weighted by Gasteiger charge is -2.26. The van der Waals surface area contributed by atoms with Gasteiger partial charge in [-0.3, -0.25) is 0 Å². The van der Waals surface area contributed by atoms with Gasteiger partial charge in [0.1, 0.15) is 17.4 Å². The van der Waals surface area contributed by atoms with Crippen molar-refractivity contribution in [2.75, 3.05) is 0 Å². The molecular formula is C14H17NO6. The zero-order valence-corrected chi connectivity index (χ0v) is 12.0. The van der Waals surface area contributed by atoms with Crippen molar-refractivity contribution in [3.63, 3.8) is 0 Å². The topological polar surface area (TPSA) is 105 Å². The second kappa shape index (κ2) is 5.16. The van der Waals surface area contributed by atoms with Gasteiger partial charge >= 0.3 is 12.1 Å². The zero-order valence-electron chi connectivity index (χ0n) is 12.0. The van der Waals surface area contributed by atoms with Gasteiger partial charge in [-0.05, 0) is 26.8 Å². The molecule has 1 unspecified atom stereocenters. The summed E-state index contributed by atoms with van der Waals surface area (Å²) >= 11 is 0. The fourth-order valence-electron chi connectivity index (χ4n) is 1.90. The molecule has 0 bridgehead atoms.